The molecule has 0 unspecified atom stereocenters. The van der Waals surface area contributed by atoms with Crippen LogP contribution in [0.1, 0.15) is 15.9 Å². The van der Waals surface area contributed by atoms with E-state index in [1.165, 1.54) is 16.7 Å². The van der Waals surface area contributed by atoms with Crippen LogP contribution in [-0.4, -0.2) is 42.3 Å². The van der Waals surface area contributed by atoms with Gasteiger partial charge in [0.05, 0.1) is 0 Å². The molecule has 0 atom stereocenters. The number of hydrogen-bond acceptors (Lipinski definition) is 4. The molecule has 0 spiro atoms. The molecule has 0 aliphatic carbocycles. The summed E-state index contributed by atoms with van der Waals surface area (Å²) in [6.07, 6.45) is 2.46. The van der Waals surface area contributed by atoms with Gasteiger partial charge in [0.15, 0.2) is 6.29 Å². The highest BCUT2D eigenvalue weighted by Crippen LogP contribution is 2.26. The minimum atomic E-state index is 0.612. The Morgan fingerprint density at radius 3 is 2.36 bits per heavy atom. The van der Waals surface area contributed by atoms with E-state index in [9.17, 15) is 4.79 Å². The molecule has 28 heavy (non-hydrogen) atoms. The van der Waals surface area contributed by atoms with Crippen molar-refractivity contribution < 1.29 is 4.79 Å². The van der Waals surface area contributed by atoms with Gasteiger partial charge >= 0.3 is 0 Å². The molecule has 0 saturated carbocycles. The Morgan fingerprint density at radius 1 is 0.929 bits per heavy atom. The van der Waals surface area contributed by atoms with Crippen LogP contribution in [0.15, 0.2) is 66.9 Å². The number of nitrogens with zero attached hydrogens (tertiary/aromatic N) is 3. The summed E-state index contributed by atoms with van der Waals surface area (Å²) in [4.78, 5) is 20.0. The number of hydrogen-bond donors (Lipinski definition) is 0. The summed E-state index contributed by atoms with van der Waals surface area (Å²) >= 11 is 6.04. The summed E-state index contributed by atoms with van der Waals surface area (Å²) in [6.45, 7) is 4.73. The van der Waals surface area contributed by atoms with Gasteiger partial charge < -0.3 is 4.90 Å². The van der Waals surface area contributed by atoms with E-state index in [2.05, 4.69) is 51.2 Å². The van der Waals surface area contributed by atoms with Crippen LogP contribution >= 0.6 is 11.6 Å². The van der Waals surface area contributed by atoms with Gasteiger partial charge in [0.2, 0.25) is 0 Å². The Labute approximate surface area is 170 Å². The zero-order valence-corrected chi connectivity index (χ0v) is 16.3. The van der Waals surface area contributed by atoms with Crippen LogP contribution in [0.3, 0.4) is 0 Å². The third kappa shape index (κ3) is 4.24. The molecule has 0 N–H and O–H groups in total. The van der Waals surface area contributed by atoms with Crippen molar-refractivity contribution in [3.8, 4) is 11.1 Å². The molecule has 3 aromatic rings. The molecule has 4 rings (SSSR count). The fraction of sp³-hybridized carbons (Fsp3) is 0.217. The van der Waals surface area contributed by atoms with Gasteiger partial charge in [-0.1, -0.05) is 48.0 Å². The summed E-state index contributed by atoms with van der Waals surface area (Å²) in [7, 11) is 0. The summed E-state index contributed by atoms with van der Waals surface area (Å²) in [5, 5.41) is 0.757. The molecule has 2 heterocycles. The maximum Gasteiger partial charge on any atom is 0.151 e. The van der Waals surface area contributed by atoms with Gasteiger partial charge in [0, 0.05) is 49.5 Å². The van der Waals surface area contributed by atoms with Crippen LogP contribution in [0.4, 0.5) is 5.82 Å². The Balaban J connectivity index is 1.42. The molecule has 5 heteroatoms. The van der Waals surface area contributed by atoms with Crippen LogP contribution in [0.2, 0.25) is 5.02 Å². The van der Waals surface area contributed by atoms with Gasteiger partial charge in [-0.05, 0) is 41.0 Å². The molecule has 1 fully saturated rings. The molecule has 1 aliphatic rings. The number of carbonyl (C=O) groups is 1. The van der Waals surface area contributed by atoms with Crippen LogP contribution in [-0.2, 0) is 6.54 Å². The lowest BCUT2D eigenvalue weighted by Crippen LogP contribution is -2.46. The maximum absolute atomic E-state index is 10.8. The largest absolute Gasteiger partial charge is 0.354 e. The predicted molar refractivity (Wildman–Crippen MR) is 114 cm³/mol. The highest BCUT2D eigenvalue weighted by Gasteiger charge is 2.19. The van der Waals surface area contributed by atoms with Crippen molar-refractivity contribution in [3.05, 3.63) is 83.0 Å². The van der Waals surface area contributed by atoms with E-state index in [0.717, 1.165) is 49.9 Å². The van der Waals surface area contributed by atoms with Crippen molar-refractivity contribution in [3.63, 3.8) is 0 Å². The van der Waals surface area contributed by atoms with E-state index in [-0.39, 0.29) is 0 Å². The standard InChI is InChI=1S/C23H22ClN3O/c24-21-8-6-19(7-9-21)22-4-2-1-3-20(22)16-26-11-13-27(14-12-26)23-10-5-18(17-28)15-25-23/h1-10,15,17H,11-14,16H2. The van der Waals surface area contributed by atoms with E-state index in [0.29, 0.717) is 5.56 Å². The number of piperazine rings is 1. The van der Waals surface area contributed by atoms with Gasteiger partial charge in [-0.25, -0.2) is 4.98 Å². The predicted octanol–water partition coefficient (Wildman–Crippen LogP) is 4.54. The third-order valence-electron chi connectivity index (χ3n) is 5.17. The van der Waals surface area contributed by atoms with E-state index in [1.807, 2.05) is 24.3 Å². The van der Waals surface area contributed by atoms with Crippen LogP contribution in [0.25, 0.3) is 11.1 Å². The number of aldehydes is 1. The number of rotatable bonds is 5. The first-order valence-electron chi connectivity index (χ1n) is 9.45. The van der Waals surface area contributed by atoms with Crippen molar-refractivity contribution in [2.45, 2.75) is 6.54 Å². The lowest BCUT2D eigenvalue weighted by atomic mass is 9.99. The van der Waals surface area contributed by atoms with Gasteiger partial charge in [-0.15, -0.1) is 0 Å². The zero-order valence-electron chi connectivity index (χ0n) is 15.6. The molecule has 1 aliphatic heterocycles. The average molecular weight is 392 g/mol. The Morgan fingerprint density at radius 2 is 1.68 bits per heavy atom. The number of anilines is 1. The Hall–Kier alpha value is -2.69. The minimum Gasteiger partial charge on any atom is -0.354 e. The van der Waals surface area contributed by atoms with Crippen LogP contribution < -0.4 is 4.90 Å². The molecule has 0 amide bonds. The first-order chi connectivity index (χ1) is 13.7. The highest BCUT2D eigenvalue weighted by atomic mass is 35.5. The topological polar surface area (TPSA) is 36.4 Å². The number of halogens is 1. The average Bonchev–Trinajstić information content (AvgIpc) is 2.75. The molecular formula is C23H22ClN3O. The van der Waals surface area contributed by atoms with Gasteiger partial charge in [0.25, 0.3) is 0 Å². The van der Waals surface area contributed by atoms with E-state index >= 15 is 0 Å². The fourth-order valence-corrected chi connectivity index (χ4v) is 3.73. The zero-order chi connectivity index (χ0) is 19.3. The van der Waals surface area contributed by atoms with Crippen molar-refractivity contribution in [2.24, 2.45) is 0 Å². The van der Waals surface area contributed by atoms with E-state index in [4.69, 9.17) is 11.6 Å². The molecule has 2 aromatic carbocycles. The lowest BCUT2D eigenvalue weighted by molar-refractivity contribution is 0.112. The molecule has 1 aromatic heterocycles. The Kier molecular flexibility index (Phi) is 5.70. The molecule has 1 saturated heterocycles. The number of pyridine rings is 1. The summed E-state index contributed by atoms with van der Waals surface area (Å²) in [5.41, 5.74) is 4.39. The number of benzene rings is 2. The van der Waals surface area contributed by atoms with Crippen molar-refractivity contribution in [2.75, 3.05) is 31.1 Å². The monoisotopic (exact) mass is 391 g/mol. The SMILES string of the molecule is O=Cc1ccc(N2CCN(Cc3ccccc3-c3ccc(Cl)cc3)CC2)nc1. The molecule has 0 bridgehead atoms. The summed E-state index contributed by atoms with van der Waals surface area (Å²) < 4.78 is 0. The second-order valence-electron chi connectivity index (χ2n) is 6.99. The summed E-state index contributed by atoms with van der Waals surface area (Å²) in [6, 6.07) is 20.3. The Bertz CT molecular complexity index is 933. The minimum absolute atomic E-state index is 0.612. The van der Waals surface area contributed by atoms with Crippen molar-refractivity contribution in [1.29, 1.82) is 0 Å². The van der Waals surface area contributed by atoms with Crippen molar-refractivity contribution >= 4 is 23.7 Å². The van der Waals surface area contributed by atoms with Crippen LogP contribution in [0, 0.1) is 0 Å². The van der Waals surface area contributed by atoms with Crippen molar-refractivity contribution in [1.82, 2.24) is 9.88 Å². The third-order valence-corrected chi connectivity index (χ3v) is 5.42. The van der Waals surface area contributed by atoms with Crippen LogP contribution in [0.5, 0.6) is 0 Å². The number of carbonyl (C=O) groups excluding carboxylic acids is 1. The normalized spacial score (nSPS) is 14.8. The molecule has 142 valence electrons. The first-order valence-corrected chi connectivity index (χ1v) is 9.83. The first kappa shape index (κ1) is 18.7. The summed E-state index contributed by atoms with van der Waals surface area (Å²) in [5.74, 6) is 0.937. The maximum atomic E-state index is 10.8. The number of aromatic nitrogens is 1. The fourth-order valence-electron chi connectivity index (χ4n) is 3.60. The molecular weight excluding hydrogens is 370 g/mol. The second-order valence-corrected chi connectivity index (χ2v) is 7.43. The lowest BCUT2D eigenvalue weighted by Gasteiger charge is -2.35. The van der Waals surface area contributed by atoms with E-state index in [1.54, 1.807) is 6.20 Å². The van der Waals surface area contributed by atoms with Gasteiger partial charge in [-0.3, -0.25) is 9.69 Å². The smallest absolute Gasteiger partial charge is 0.151 e. The van der Waals surface area contributed by atoms with E-state index < -0.39 is 0 Å². The molecule has 4 nitrogen and oxygen atoms in total. The quantitative estimate of drug-likeness (QED) is 0.598. The molecule has 0 radical (unpaired) electrons. The van der Waals surface area contributed by atoms with Gasteiger partial charge in [-0.2, -0.15) is 0 Å². The van der Waals surface area contributed by atoms with Gasteiger partial charge in [0.1, 0.15) is 5.82 Å². The second kappa shape index (κ2) is 8.55. The highest BCUT2D eigenvalue weighted by molar-refractivity contribution is 6.30.